The Hall–Kier alpha value is -2.54. The Morgan fingerprint density at radius 1 is 1.10 bits per heavy atom. The zero-order valence-corrected chi connectivity index (χ0v) is 11.8. The average molecular weight is 305 g/mol. The minimum Gasteiger partial charge on any atom is -0.298 e. The van der Waals surface area contributed by atoms with Crippen molar-refractivity contribution in [3.05, 3.63) is 63.7 Å². The summed E-state index contributed by atoms with van der Waals surface area (Å²) in [5, 5.41) is 10.8. The van der Waals surface area contributed by atoms with Gasteiger partial charge in [-0.1, -0.05) is 18.2 Å². The van der Waals surface area contributed by atoms with Crippen LogP contribution in [0.3, 0.4) is 0 Å². The fourth-order valence-corrected chi connectivity index (χ4v) is 3.63. The van der Waals surface area contributed by atoms with Crippen LogP contribution in [0.25, 0.3) is 0 Å². The lowest BCUT2D eigenvalue weighted by Gasteiger charge is -2.09. The molecule has 0 bridgehead atoms. The quantitative estimate of drug-likeness (QED) is 0.491. The Kier molecular flexibility index (Phi) is 3.86. The van der Waals surface area contributed by atoms with E-state index in [0.717, 1.165) is 18.2 Å². The lowest BCUT2D eigenvalue weighted by atomic mass is 10.2. The van der Waals surface area contributed by atoms with E-state index in [1.165, 1.54) is 6.07 Å². The van der Waals surface area contributed by atoms with E-state index in [1.807, 2.05) is 0 Å². The molecule has 2 aromatic carbocycles. The highest BCUT2D eigenvalue weighted by Crippen LogP contribution is 2.28. The van der Waals surface area contributed by atoms with Crippen LogP contribution in [0.5, 0.6) is 0 Å². The van der Waals surface area contributed by atoms with Gasteiger partial charge in [0.2, 0.25) is 9.84 Å². The number of sulfone groups is 1. The topological polar surface area (TPSA) is 94.3 Å². The van der Waals surface area contributed by atoms with Gasteiger partial charge in [-0.2, -0.15) is 0 Å². The van der Waals surface area contributed by atoms with Gasteiger partial charge in [0.1, 0.15) is 0 Å². The first-order chi connectivity index (χ1) is 9.87. The molecule has 0 aliphatic carbocycles. The van der Waals surface area contributed by atoms with E-state index >= 15 is 0 Å². The summed E-state index contributed by atoms with van der Waals surface area (Å²) in [6.45, 7) is 1.62. The lowest BCUT2D eigenvalue weighted by molar-refractivity contribution is -0.385. The van der Waals surface area contributed by atoms with Gasteiger partial charge in [0, 0.05) is 17.7 Å². The number of benzene rings is 2. The average Bonchev–Trinajstić information content (AvgIpc) is 2.46. The van der Waals surface area contributed by atoms with Crippen LogP contribution in [-0.4, -0.2) is 19.6 Å². The molecule has 0 unspecified atom stereocenters. The van der Waals surface area contributed by atoms with E-state index < -0.39 is 14.8 Å². The Bertz CT molecular complexity index is 827. The van der Waals surface area contributed by atoms with Gasteiger partial charge in [-0.3, -0.25) is 14.9 Å². The largest absolute Gasteiger partial charge is 0.298 e. The van der Waals surface area contributed by atoms with Crippen molar-refractivity contribution in [1.29, 1.82) is 0 Å². The van der Waals surface area contributed by atoms with Crippen LogP contribution in [0.15, 0.2) is 52.3 Å². The summed E-state index contributed by atoms with van der Waals surface area (Å²) in [4.78, 5) is 20.8. The molecule has 0 amide bonds. The van der Waals surface area contributed by atoms with Gasteiger partial charge in [0.15, 0.2) is 6.29 Å². The fraction of sp³-hybridized carbons (Fsp3) is 0.0714. The molecule has 7 heteroatoms. The minimum absolute atomic E-state index is 0.0218. The van der Waals surface area contributed by atoms with E-state index in [4.69, 9.17) is 0 Å². The third-order valence-electron chi connectivity index (χ3n) is 3.01. The summed E-state index contributed by atoms with van der Waals surface area (Å²) in [6.07, 6.45) is 0.370. The summed E-state index contributed by atoms with van der Waals surface area (Å²) in [5.41, 5.74) is 0.0115. The molecule has 0 atom stereocenters. The fourth-order valence-electron chi connectivity index (χ4n) is 1.94. The van der Waals surface area contributed by atoms with Crippen molar-refractivity contribution >= 4 is 21.8 Å². The number of nitro groups is 1. The van der Waals surface area contributed by atoms with Gasteiger partial charge in [0.25, 0.3) is 5.69 Å². The van der Waals surface area contributed by atoms with Crippen molar-refractivity contribution in [2.45, 2.75) is 16.7 Å². The van der Waals surface area contributed by atoms with Crippen LogP contribution < -0.4 is 0 Å². The highest BCUT2D eigenvalue weighted by molar-refractivity contribution is 7.91. The Morgan fingerprint density at radius 3 is 2.33 bits per heavy atom. The molecular formula is C14H11NO5S. The number of hydrogen-bond acceptors (Lipinski definition) is 5. The number of carbonyl (C=O) groups is 1. The van der Waals surface area contributed by atoms with Crippen molar-refractivity contribution < 1.29 is 18.1 Å². The maximum absolute atomic E-state index is 12.6. The van der Waals surface area contributed by atoms with Gasteiger partial charge in [-0.15, -0.1) is 0 Å². The number of rotatable bonds is 4. The standard InChI is InChI=1S/C14H11NO5S/c1-10-4-2-3-5-13(10)21(19,20)14-8-12(15(17)18)7-6-11(14)9-16/h2-9H,1H3. The molecule has 6 nitrogen and oxygen atoms in total. The first-order valence-corrected chi connectivity index (χ1v) is 7.40. The number of carbonyl (C=O) groups excluding carboxylic acids is 1. The van der Waals surface area contributed by atoms with Gasteiger partial charge in [-0.05, 0) is 24.6 Å². The van der Waals surface area contributed by atoms with Gasteiger partial charge >= 0.3 is 0 Å². The second-order valence-electron chi connectivity index (χ2n) is 4.37. The molecule has 2 rings (SSSR count). The van der Waals surface area contributed by atoms with E-state index in [-0.39, 0.29) is 21.0 Å². The smallest absolute Gasteiger partial charge is 0.270 e. The molecule has 0 N–H and O–H groups in total. The minimum atomic E-state index is -4.00. The van der Waals surface area contributed by atoms with Gasteiger partial charge in [0.05, 0.1) is 14.7 Å². The maximum Gasteiger partial charge on any atom is 0.270 e. The summed E-state index contributed by atoms with van der Waals surface area (Å²) >= 11 is 0. The molecule has 0 aromatic heterocycles. The second kappa shape index (κ2) is 5.45. The number of non-ortho nitro benzene ring substituents is 1. The molecular weight excluding hydrogens is 294 g/mol. The van der Waals surface area contributed by atoms with E-state index in [0.29, 0.717) is 11.8 Å². The summed E-state index contributed by atoms with van der Waals surface area (Å²) in [7, 11) is -4.00. The molecule has 2 aromatic rings. The number of nitrogens with zero attached hydrogens (tertiary/aromatic N) is 1. The van der Waals surface area contributed by atoms with Gasteiger partial charge in [-0.25, -0.2) is 8.42 Å². The molecule has 0 saturated heterocycles. The third kappa shape index (κ3) is 2.68. The van der Waals surface area contributed by atoms with Crippen LogP contribution in [0, 0.1) is 17.0 Å². The first kappa shape index (κ1) is 14.9. The number of aldehydes is 1. The zero-order valence-electron chi connectivity index (χ0n) is 11.0. The highest BCUT2D eigenvalue weighted by Gasteiger charge is 2.25. The molecule has 0 radical (unpaired) electrons. The molecule has 0 spiro atoms. The van der Waals surface area contributed by atoms with Crippen molar-refractivity contribution in [2.75, 3.05) is 0 Å². The van der Waals surface area contributed by atoms with E-state index in [9.17, 15) is 23.3 Å². The summed E-state index contributed by atoms with van der Waals surface area (Å²) in [5.74, 6) is 0. The van der Waals surface area contributed by atoms with Crippen LogP contribution in [0.1, 0.15) is 15.9 Å². The Balaban J connectivity index is 2.75. The number of hydrogen-bond donors (Lipinski definition) is 0. The third-order valence-corrected chi connectivity index (χ3v) is 4.98. The second-order valence-corrected chi connectivity index (χ2v) is 6.25. The summed E-state index contributed by atoms with van der Waals surface area (Å²) in [6, 6.07) is 9.39. The van der Waals surface area contributed by atoms with Crippen LogP contribution >= 0.6 is 0 Å². The Morgan fingerprint density at radius 2 is 1.76 bits per heavy atom. The Labute approximate surface area is 121 Å². The van der Waals surface area contributed by atoms with Crippen molar-refractivity contribution in [3.63, 3.8) is 0 Å². The van der Waals surface area contributed by atoms with Crippen LogP contribution in [-0.2, 0) is 9.84 Å². The van der Waals surface area contributed by atoms with Crippen molar-refractivity contribution in [1.82, 2.24) is 0 Å². The number of aryl methyl sites for hydroxylation is 1. The predicted molar refractivity (Wildman–Crippen MR) is 75.1 cm³/mol. The SMILES string of the molecule is Cc1ccccc1S(=O)(=O)c1cc([N+](=O)[O-])ccc1C=O. The monoisotopic (exact) mass is 305 g/mol. The van der Waals surface area contributed by atoms with Gasteiger partial charge < -0.3 is 0 Å². The molecule has 0 aliphatic heterocycles. The summed E-state index contributed by atoms with van der Waals surface area (Å²) < 4.78 is 25.3. The van der Waals surface area contributed by atoms with E-state index in [2.05, 4.69) is 0 Å². The lowest BCUT2D eigenvalue weighted by Crippen LogP contribution is -2.08. The van der Waals surface area contributed by atoms with Crippen LogP contribution in [0.4, 0.5) is 5.69 Å². The molecule has 0 aliphatic rings. The maximum atomic E-state index is 12.6. The predicted octanol–water partition coefficient (Wildman–Crippen LogP) is 2.55. The molecule has 21 heavy (non-hydrogen) atoms. The molecule has 0 fully saturated rings. The highest BCUT2D eigenvalue weighted by atomic mass is 32.2. The first-order valence-electron chi connectivity index (χ1n) is 5.92. The molecule has 0 saturated carbocycles. The van der Waals surface area contributed by atoms with Crippen molar-refractivity contribution in [2.24, 2.45) is 0 Å². The molecule has 108 valence electrons. The number of nitro benzene ring substituents is 1. The van der Waals surface area contributed by atoms with Crippen molar-refractivity contribution in [3.8, 4) is 0 Å². The normalized spacial score (nSPS) is 11.1. The zero-order chi connectivity index (χ0) is 15.6. The molecule has 0 heterocycles. The van der Waals surface area contributed by atoms with Crippen LogP contribution in [0.2, 0.25) is 0 Å². The van der Waals surface area contributed by atoms with E-state index in [1.54, 1.807) is 25.1 Å².